The van der Waals surface area contributed by atoms with Crippen molar-refractivity contribution in [3.05, 3.63) is 30.1 Å². The number of aliphatic hydroxyl groups excluding tert-OH is 2. The van der Waals surface area contributed by atoms with Gasteiger partial charge in [-0.3, -0.25) is 4.98 Å². The minimum Gasteiger partial charge on any atom is -0.396 e. The first-order chi connectivity index (χ1) is 7.77. The summed E-state index contributed by atoms with van der Waals surface area (Å²) in [6, 6.07) is 5.90. The third-order valence-electron chi connectivity index (χ3n) is 2.74. The van der Waals surface area contributed by atoms with Crippen LogP contribution in [0.5, 0.6) is 0 Å². The molecule has 0 bridgehead atoms. The maximum absolute atomic E-state index is 9.16. The molecule has 0 aliphatic heterocycles. The number of aliphatic hydroxyl groups is 2. The first-order valence-electron chi connectivity index (χ1n) is 5.59. The summed E-state index contributed by atoms with van der Waals surface area (Å²) in [6.45, 7) is 1.03. The van der Waals surface area contributed by atoms with Crippen LogP contribution in [-0.2, 0) is 6.42 Å². The average molecular weight is 224 g/mol. The SMILES string of the molecule is CN(CCc1ccccn1)C(CO)CCO. The van der Waals surface area contributed by atoms with Crippen LogP contribution in [0, 0.1) is 0 Å². The Morgan fingerprint density at radius 1 is 1.38 bits per heavy atom. The van der Waals surface area contributed by atoms with Crippen LogP contribution in [0.1, 0.15) is 12.1 Å². The van der Waals surface area contributed by atoms with Gasteiger partial charge in [0.15, 0.2) is 0 Å². The first-order valence-corrected chi connectivity index (χ1v) is 5.59. The number of nitrogens with zero attached hydrogens (tertiary/aromatic N) is 2. The lowest BCUT2D eigenvalue weighted by molar-refractivity contribution is 0.120. The van der Waals surface area contributed by atoms with E-state index in [4.69, 9.17) is 10.2 Å². The van der Waals surface area contributed by atoms with Gasteiger partial charge in [0.05, 0.1) is 6.61 Å². The molecular weight excluding hydrogens is 204 g/mol. The molecule has 1 aromatic heterocycles. The summed E-state index contributed by atoms with van der Waals surface area (Å²) in [4.78, 5) is 6.30. The van der Waals surface area contributed by atoms with Gasteiger partial charge in [0.25, 0.3) is 0 Å². The van der Waals surface area contributed by atoms with Gasteiger partial charge < -0.3 is 15.1 Å². The molecule has 1 unspecified atom stereocenters. The Morgan fingerprint density at radius 2 is 2.19 bits per heavy atom. The zero-order valence-electron chi connectivity index (χ0n) is 9.71. The molecule has 16 heavy (non-hydrogen) atoms. The number of rotatable bonds is 7. The van der Waals surface area contributed by atoms with Crippen molar-refractivity contribution >= 4 is 0 Å². The van der Waals surface area contributed by atoms with Gasteiger partial charge in [0.2, 0.25) is 0 Å². The van der Waals surface area contributed by atoms with Crippen molar-refractivity contribution in [2.24, 2.45) is 0 Å². The highest BCUT2D eigenvalue weighted by Gasteiger charge is 2.12. The highest BCUT2D eigenvalue weighted by Crippen LogP contribution is 2.03. The zero-order valence-corrected chi connectivity index (χ0v) is 9.71. The topological polar surface area (TPSA) is 56.6 Å². The standard InChI is InChI=1S/C12H20N2O2/c1-14(12(10-16)6-9-15)8-5-11-4-2-3-7-13-11/h2-4,7,12,15-16H,5-6,8-10H2,1H3. The fourth-order valence-electron chi connectivity index (χ4n) is 1.62. The quantitative estimate of drug-likeness (QED) is 0.699. The summed E-state index contributed by atoms with van der Waals surface area (Å²) >= 11 is 0. The molecule has 2 N–H and O–H groups in total. The molecule has 0 aliphatic rings. The Balaban J connectivity index is 2.36. The van der Waals surface area contributed by atoms with Crippen molar-refractivity contribution < 1.29 is 10.2 Å². The molecule has 1 heterocycles. The van der Waals surface area contributed by atoms with E-state index in [1.807, 2.05) is 25.2 Å². The molecule has 0 amide bonds. The highest BCUT2D eigenvalue weighted by atomic mass is 16.3. The smallest absolute Gasteiger partial charge is 0.0587 e. The van der Waals surface area contributed by atoms with Crippen LogP contribution in [0.15, 0.2) is 24.4 Å². The summed E-state index contributed by atoms with van der Waals surface area (Å²) in [5.74, 6) is 0. The third-order valence-corrected chi connectivity index (χ3v) is 2.74. The zero-order chi connectivity index (χ0) is 11.8. The Kier molecular flexibility index (Phi) is 6.00. The largest absolute Gasteiger partial charge is 0.396 e. The first kappa shape index (κ1) is 13.1. The fraction of sp³-hybridized carbons (Fsp3) is 0.583. The summed E-state index contributed by atoms with van der Waals surface area (Å²) in [5, 5.41) is 18.0. The number of hydrogen-bond acceptors (Lipinski definition) is 4. The number of aromatic nitrogens is 1. The van der Waals surface area contributed by atoms with E-state index in [-0.39, 0.29) is 19.3 Å². The van der Waals surface area contributed by atoms with Gasteiger partial charge in [-0.1, -0.05) is 6.07 Å². The van der Waals surface area contributed by atoms with Crippen LogP contribution in [0.4, 0.5) is 0 Å². The van der Waals surface area contributed by atoms with E-state index in [1.54, 1.807) is 6.20 Å². The summed E-state index contributed by atoms with van der Waals surface area (Å²) in [5.41, 5.74) is 1.05. The van der Waals surface area contributed by atoms with Gasteiger partial charge >= 0.3 is 0 Å². The van der Waals surface area contributed by atoms with Gasteiger partial charge in [-0.25, -0.2) is 0 Å². The van der Waals surface area contributed by atoms with Gasteiger partial charge in [-0.05, 0) is 25.6 Å². The molecule has 1 aromatic rings. The number of pyridine rings is 1. The van der Waals surface area contributed by atoms with Crippen molar-refractivity contribution in [1.82, 2.24) is 9.88 Å². The van der Waals surface area contributed by atoms with E-state index < -0.39 is 0 Å². The average Bonchev–Trinajstić information content (AvgIpc) is 2.34. The second-order valence-corrected chi connectivity index (χ2v) is 3.90. The molecule has 0 saturated heterocycles. The molecule has 1 rings (SSSR count). The number of hydrogen-bond donors (Lipinski definition) is 2. The molecule has 0 saturated carbocycles. The monoisotopic (exact) mass is 224 g/mol. The molecule has 0 aromatic carbocycles. The lowest BCUT2D eigenvalue weighted by Crippen LogP contribution is -2.36. The highest BCUT2D eigenvalue weighted by molar-refractivity contribution is 5.03. The summed E-state index contributed by atoms with van der Waals surface area (Å²) < 4.78 is 0. The molecule has 0 aliphatic carbocycles. The van der Waals surface area contributed by atoms with E-state index in [0.29, 0.717) is 6.42 Å². The summed E-state index contributed by atoms with van der Waals surface area (Å²) in [7, 11) is 1.96. The van der Waals surface area contributed by atoms with Crippen LogP contribution in [-0.4, -0.2) is 52.9 Å². The molecule has 4 nitrogen and oxygen atoms in total. The van der Waals surface area contributed by atoms with Gasteiger partial charge in [-0.2, -0.15) is 0 Å². The van der Waals surface area contributed by atoms with E-state index in [0.717, 1.165) is 18.7 Å². The predicted molar refractivity (Wildman–Crippen MR) is 63.1 cm³/mol. The van der Waals surface area contributed by atoms with Crippen LogP contribution in [0.25, 0.3) is 0 Å². The molecule has 0 radical (unpaired) electrons. The number of likely N-dealkylation sites (N-methyl/N-ethyl adjacent to an activating group) is 1. The van der Waals surface area contributed by atoms with Crippen LogP contribution in [0.2, 0.25) is 0 Å². The minimum absolute atomic E-state index is 0.0358. The van der Waals surface area contributed by atoms with Crippen LogP contribution in [0.3, 0.4) is 0 Å². The lowest BCUT2D eigenvalue weighted by Gasteiger charge is -2.25. The molecule has 4 heteroatoms. The fourth-order valence-corrected chi connectivity index (χ4v) is 1.62. The second-order valence-electron chi connectivity index (χ2n) is 3.90. The van der Waals surface area contributed by atoms with Crippen molar-refractivity contribution in [2.75, 3.05) is 26.8 Å². The maximum atomic E-state index is 9.16. The van der Waals surface area contributed by atoms with Crippen LogP contribution >= 0.6 is 0 Å². The summed E-state index contributed by atoms with van der Waals surface area (Å²) in [6.07, 6.45) is 3.25. The maximum Gasteiger partial charge on any atom is 0.0587 e. The lowest BCUT2D eigenvalue weighted by atomic mass is 10.2. The van der Waals surface area contributed by atoms with Gasteiger partial charge in [0, 0.05) is 37.5 Å². The van der Waals surface area contributed by atoms with Crippen molar-refractivity contribution in [3.8, 4) is 0 Å². The second kappa shape index (κ2) is 7.33. The van der Waals surface area contributed by atoms with E-state index in [2.05, 4.69) is 9.88 Å². The Bertz CT molecular complexity index is 280. The molecule has 90 valence electrons. The van der Waals surface area contributed by atoms with E-state index >= 15 is 0 Å². The normalized spacial score (nSPS) is 13.0. The van der Waals surface area contributed by atoms with Crippen molar-refractivity contribution in [1.29, 1.82) is 0 Å². The molecule has 0 spiro atoms. The van der Waals surface area contributed by atoms with Gasteiger partial charge in [0.1, 0.15) is 0 Å². The van der Waals surface area contributed by atoms with Crippen molar-refractivity contribution in [2.45, 2.75) is 18.9 Å². The van der Waals surface area contributed by atoms with Crippen LogP contribution < -0.4 is 0 Å². The Morgan fingerprint density at radius 3 is 2.75 bits per heavy atom. The van der Waals surface area contributed by atoms with Crippen molar-refractivity contribution in [3.63, 3.8) is 0 Å². The van der Waals surface area contributed by atoms with Gasteiger partial charge in [-0.15, -0.1) is 0 Å². The van der Waals surface area contributed by atoms with E-state index in [9.17, 15) is 0 Å². The van der Waals surface area contributed by atoms with E-state index in [1.165, 1.54) is 0 Å². The molecular formula is C12H20N2O2. The molecule has 0 fully saturated rings. The molecule has 1 atom stereocenters. The predicted octanol–water partition coefficient (Wildman–Crippen LogP) is 0.299. The third kappa shape index (κ3) is 4.26. The Labute approximate surface area is 96.6 Å². The minimum atomic E-state index is 0.0358. The Hall–Kier alpha value is -0.970.